The van der Waals surface area contributed by atoms with Crippen LogP contribution in [0, 0.1) is 17.8 Å². The number of sulfonamides is 1. The first kappa shape index (κ1) is 18.2. The summed E-state index contributed by atoms with van der Waals surface area (Å²) in [4.78, 5) is 26.1. The zero-order valence-corrected chi connectivity index (χ0v) is 14.9. The summed E-state index contributed by atoms with van der Waals surface area (Å²) in [5.41, 5.74) is 0. The molecular formula is C16H28N2O4S. The van der Waals surface area contributed by atoms with Crippen molar-refractivity contribution in [2.24, 2.45) is 17.8 Å². The highest BCUT2D eigenvalue weighted by Gasteiger charge is 2.37. The minimum absolute atomic E-state index is 0.0238. The number of amides is 2. The van der Waals surface area contributed by atoms with Crippen molar-refractivity contribution < 1.29 is 18.0 Å². The molecule has 0 bridgehead atoms. The fourth-order valence-electron chi connectivity index (χ4n) is 3.21. The average molecular weight is 344 g/mol. The van der Waals surface area contributed by atoms with Crippen LogP contribution in [0.1, 0.15) is 52.4 Å². The lowest BCUT2D eigenvalue weighted by Crippen LogP contribution is -2.47. The molecule has 2 unspecified atom stereocenters. The second kappa shape index (κ2) is 7.64. The summed E-state index contributed by atoms with van der Waals surface area (Å²) < 4.78 is 26.4. The highest BCUT2D eigenvalue weighted by atomic mass is 32.2. The lowest BCUT2D eigenvalue weighted by Gasteiger charge is -2.32. The molecule has 0 aromatic heterocycles. The van der Waals surface area contributed by atoms with Gasteiger partial charge in [-0.1, -0.05) is 20.3 Å². The monoisotopic (exact) mass is 344 g/mol. The summed E-state index contributed by atoms with van der Waals surface area (Å²) in [5.74, 6) is -0.601. The molecule has 0 aromatic rings. The van der Waals surface area contributed by atoms with E-state index in [-0.39, 0.29) is 23.5 Å². The Hall–Kier alpha value is -1.11. The van der Waals surface area contributed by atoms with Gasteiger partial charge in [-0.05, 0) is 38.0 Å². The highest BCUT2D eigenvalue weighted by Crippen LogP contribution is 2.32. The van der Waals surface area contributed by atoms with Gasteiger partial charge in [0.1, 0.15) is 0 Å². The predicted octanol–water partition coefficient (Wildman–Crippen LogP) is 1.52. The third-order valence-corrected chi connectivity index (χ3v) is 6.09. The second-order valence-electron chi connectivity index (χ2n) is 7.04. The molecule has 0 aromatic carbocycles. The number of nitrogens with one attached hydrogen (secondary N) is 1. The molecule has 1 saturated heterocycles. The van der Waals surface area contributed by atoms with Crippen molar-refractivity contribution in [3.05, 3.63) is 0 Å². The maximum atomic E-state index is 12.3. The molecule has 0 radical (unpaired) electrons. The van der Waals surface area contributed by atoms with E-state index in [9.17, 15) is 18.0 Å². The molecule has 2 atom stereocenters. The molecule has 1 heterocycles. The van der Waals surface area contributed by atoms with Gasteiger partial charge >= 0.3 is 0 Å². The van der Waals surface area contributed by atoms with Crippen molar-refractivity contribution in [2.45, 2.75) is 52.4 Å². The summed E-state index contributed by atoms with van der Waals surface area (Å²) in [7, 11) is -3.60. The Kier molecular flexibility index (Phi) is 6.06. The predicted molar refractivity (Wildman–Crippen MR) is 88.0 cm³/mol. The average Bonchev–Trinajstić information content (AvgIpc) is 3.30. The maximum absolute atomic E-state index is 12.3. The number of piperidine rings is 1. The topological polar surface area (TPSA) is 83.6 Å². The van der Waals surface area contributed by atoms with Gasteiger partial charge in [-0.15, -0.1) is 0 Å². The van der Waals surface area contributed by atoms with Gasteiger partial charge in [0, 0.05) is 19.0 Å². The van der Waals surface area contributed by atoms with Crippen LogP contribution in [0.15, 0.2) is 0 Å². The molecule has 2 amide bonds. The zero-order valence-electron chi connectivity index (χ0n) is 14.1. The number of hydrogen-bond acceptors (Lipinski definition) is 4. The van der Waals surface area contributed by atoms with E-state index in [1.807, 2.05) is 13.8 Å². The van der Waals surface area contributed by atoms with Gasteiger partial charge in [-0.3, -0.25) is 14.3 Å². The molecule has 1 aliphatic carbocycles. The normalized spacial score (nSPS) is 23.4. The zero-order chi connectivity index (χ0) is 17.0. The van der Waals surface area contributed by atoms with Gasteiger partial charge in [0.25, 0.3) is 0 Å². The first-order valence-corrected chi connectivity index (χ1v) is 10.3. The van der Waals surface area contributed by atoms with Gasteiger partial charge < -0.3 is 4.90 Å². The summed E-state index contributed by atoms with van der Waals surface area (Å²) in [6.07, 6.45) is 5.02. The highest BCUT2D eigenvalue weighted by molar-refractivity contribution is 7.90. The Morgan fingerprint density at radius 2 is 1.91 bits per heavy atom. The van der Waals surface area contributed by atoms with Crippen LogP contribution >= 0.6 is 0 Å². The summed E-state index contributed by atoms with van der Waals surface area (Å²) in [6, 6.07) is 0. The molecule has 0 spiro atoms. The van der Waals surface area contributed by atoms with Gasteiger partial charge in [0.2, 0.25) is 21.8 Å². The smallest absolute Gasteiger partial charge is 0.238 e. The molecule has 132 valence electrons. The van der Waals surface area contributed by atoms with Crippen LogP contribution in [0.3, 0.4) is 0 Å². The Bertz CT molecular complexity index is 542. The molecule has 2 fully saturated rings. The fourth-order valence-corrected chi connectivity index (χ4v) is 4.68. The summed E-state index contributed by atoms with van der Waals surface area (Å²) >= 11 is 0. The fraction of sp³-hybridized carbons (Fsp3) is 0.875. The number of nitrogens with zero attached hydrogens (tertiary/aromatic N) is 1. The van der Waals surface area contributed by atoms with E-state index >= 15 is 0 Å². The van der Waals surface area contributed by atoms with Crippen LogP contribution < -0.4 is 4.72 Å². The standard InChI is InChI=1S/C16H28N2O4S/c1-3-5-12(2)11-23(21,22)17-15(19)14-6-4-9-18(10-14)16(20)13-7-8-13/h12-14H,3-11H2,1-2H3,(H,17,19). The third-order valence-electron chi connectivity index (χ3n) is 4.57. The van der Waals surface area contributed by atoms with Gasteiger partial charge in [0.05, 0.1) is 11.7 Å². The molecule has 2 rings (SSSR count). The van der Waals surface area contributed by atoms with Crippen LogP contribution in [0.5, 0.6) is 0 Å². The van der Waals surface area contributed by atoms with E-state index < -0.39 is 21.8 Å². The lowest BCUT2D eigenvalue weighted by atomic mass is 9.97. The van der Waals surface area contributed by atoms with E-state index in [1.165, 1.54) is 0 Å². The van der Waals surface area contributed by atoms with Crippen LogP contribution in [0.4, 0.5) is 0 Å². The molecule has 1 aliphatic heterocycles. The summed E-state index contributed by atoms with van der Waals surface area (Å²) in [5, 5.41) is 0. The minimum Gasteiger partial charge on any atom is -0.342 e. The van der Waals surface area contributed by atoms with Crippen molar-refractivity contribution in [3.63, 3.8) is 0 Å². The molecule has 6 nitrogen and oxygen atoms in total. The second-order valence-corrected chi connectivity index (χ2v) is 8.81. The molecule has 7 heteroatoms. The van der Waals surface area contributed by atoms with Crippen molar-refractivity contribution in [1.82, 2.24) is 9.62 Å². The Labute approximate surface area is 139 Å². The van der Waals surface area contributed by atoms with E-state index in [2.05, 4.69) is 4.72 Å². The van der Waals surface area contributed by atoms with E-state index in [4.69, 9.17) is 0 Å². The van der Waals surface area contributed by atoms with Crippen molar-refractivity contribution in [3.8, 4) is 0 Å². The Balaban J connectivity index is 1.87. The third kappa shape index (κ3) is 5.48. The Morgan fingerprint density at radius 1 is 1.22 bits per heavy atom. The quantitative estimate of drug-likeness (QED) is 0.759. The van der Waals surface area contributed by atoms with Crippen molar-refractivity contribution in [1.29, 1.82) is 0 Å². The minimum atomic E-state index is -3.60. The van der Waals surface area contributed by atoms with Gasteiger partial charge in [-0.25, -0.2) is 8.42 Å². The Morgan fingerprint density at radius 3 is 2.52 bits per heavy atom. The molecule has 2 aliphatic rings. The first-order chi connectivity index (χ1) is 10.8. The molecular weight excluding hydrogens is 316 g/mol. The molecule has 1 N–H and O–H groups in total. The SMILES string of the molecule is CCCC(C)CS(=O)(=O)NC(=O)C1CCCN(C(=O)C2CC2)C1. The number of carbonyl (C=O) groups is 2. The van der Waals surface area contributed by atoms with Crippen LogP contribution in [-0.2, 0) is 19.6 Å². The van der Waals surface area contributed by atoms with Gasteiger partial charge in [0.15, 0.2) is 0 Å². The van der Waals surface area contributed by atoms with Crippen molar-refractivity contribution >= 4 is 21.8 Å². The van der Waals surface area contributed by atoms with E-state index in [1.54, 1.807) is 4.90 Å². The molecule has 23 heavy (non-hydrogen) atoms. The maximum Gasteiger partial charge on any atom is 0.238 e. The first-order valence-electron chi connectivity index (χ1n) is 8.65. The number of likely N-dealkylation sites (tertiary alicyclic amines) is 1. The van der Waals surface area contributed by atoms with Crippen molar-refractivity contribution in [2.75, 3.05) is 18.8 Å². The number of hydrogen-bond donors (Lipinski definition) is 1. The number of rotatable bonds is 7. The van der Waals surface area contributed by atoms with E-state index in [0.717, 1.165) is 32.1 Å². The van der Waals surface area contributed by atoms with E-state index in [0.29, 0.717) is 19.5 Å². The van der Waals surface area contributed by atoms with Crippen LogP contribution in [-0.4, -0.2) is 44.0 Å². The van der Waals surface area contributed by atoms with Crippen LogP contribution in [0.2, 0.25) is 0 Å². The number of carbonyl (C=O) groups excluding carboxylic acids is 2. The van der Waals surface area contributed by atoms with Gasteiger partial charge in [-0.2, -0.15) is 0 Å². The lowest BCUT2D eigenvalue weighted by molar-refractivity contribution is -0.136. The largest absolute Gasteiger partial charge is 0.342 e. The summed E-state index contributed by atoms with van der Waals surface area (Å²) in [6.45, 7) is 4.92. The van der Waals surface area contributed by atoms with Crippen LogP contribution in [0.25, 0.3) is 0 Å². The molecule has 1 saturated carbocycles.